The topological polar surface area (TPSA) is 58.7 Å². The zero-order valence-electron chi connectivity index (χ0n) is 17.2. The molecule has 0 spiro atoms. The summed E-state index contributed by atoms with van der Waals surface area (Å²) in [6.07, 6.45) is 1.95. The van der Waals surface area contributed by atoms with E-state index >= 15 is 0 Å². The lowest BCUT2D eigenvalue weighted by Crippen LogP contribution is -2.50. The number of rotatable bonds is 7. The van der Waals surface area contributed by atoms with Gasteiger partial charge in [-0.1, -0.05) is 97.9 Å². The fraction of sp³-hybridized carbons (Fsp3) is 0.231. The number of hydrogen-bond acceptors (Lipinski definition) is 4. The van der Waals surface area contributed by atoms with Crippen LogP contribution < -0.4 is 5.73 Å². The van der Waals surface area contributed by atoms with E-state index in [0.29, 0.717) is 12.5 Å². The van der Waals surface area contributed by atoms with E-state index in [0.717, 1.165) is 23.8 Å². The van der Waals surface area contributed by atoms with Crippen molar-refractivity contribution in [3.05, 3.63) is 108 Å². The Morgan fingerprint density at radius 3 is 1.90 bits per heavy atom. The van der Waals surface area contributed by atoms with E-state index in [9.17, 15) is 4.79 Å². The molecule has 0 saturated heterocycles. The van der Waals surface area contributed by atoms with Gasteiger partial charge in [0.1, 0.15) is 17.9 Å². The number of hydrogen-bond donors (Lipinski definition) is 1. The highest BCUT2D eigenvalue weighted by Gasteiger charge is 2.51. The number of aliphatic imine (C=N–C) groups is 1. The molecule has 0 saturated carbocycles. The first-order valence-electron chi connectivity index (χ1n) is 10.4. The fourth-order valence-electron chi connectivity index (χ4n) is 4.51. The van der Waals surface area contributed by atoms with E-state index in [1.54, 1.807) is 0 Å². The van der Waals surface area contributed by atoms with Crippen molar-refractivity contribution in [2.75, 3.05) is 6.54 Å². The summed E-state index contributed by atoms with van der Waals surface area (Å²) in [5, 5.41) is 0. The molecule has 3 aromatic carbocycles. The minimum absolute atomic E-state index is 0.254. The number of aldehydes is 1. The van der Waals surface area contributed by atoms with E-state index in [1.807, 2.05) is 71.6 Å². The number of nitrogens with zero attached hydrogens (tertiary/aromatic N) is 2. The molecule has 0 bridgehead atoms. The largest absolute Gasteiger partial charge is 0.370 e. The zero-order valence-corrected chi connectivity index (χ0v) is 17.2. The third kappa shape index (κ3) is 3.39. The molecule has 2 atom stereocenters. The van der Waals surface area contributed by atoms with Gasteiger partial charge in [-0.05, 0) is 23.1 Å². The quantitative estimate of drug-likeness (QED) is 0.604. The average Bonchev–Trinajstić information content (AvgIpc) is 3.11. The van der Waals surface area contributed by atoms with Crippen molar-refractivity contribution in [2.24, 2.45) is 10.7 Å². The summed E-state index contributed by atoms with van der Waals surface area (Å²) >= 11 is 0. The normalized spacial score (nSPS) is 18.6. The second kappa shape index (κ2) is 8.54. The smallest absolute Gasteiger partial charge is 0.193 e. The molecule has 0 aromatic heterocycles. The minimum atomic E-state index is -0.858. The Bertz CT molecular complexity index is 963. The highest BCUT2D eigenvalue weighted by molar-refractivity contribution is 5.87. The summed E-state index contributed by atoms with van der Waals surface area (Å²) in [7, 11) is 0. The van der Waals surface area contributed by atoms with Gasteiger partial charge in [0.25, 0.3) is 0 Å². The van der Waals surface area contributed by atoms with Crippen LogP contribution in [-0.2, 0) is 10.3 Å². The Labute approximate surface area is 178 Å². The first-order valence-corrected chi connectivity index (χ1v) is 10.4. The van der Waals surface area contributed by atoms with Crippen LogP contribution >= 0.6 is 0 Å². The van der Waals surface area contributed by atoms with Crippen LogP contribution in [0.15, 0.2) is 96.0 Å². The maximum Gasteiger partial charge on any atom is 0.193 e. The molecule has 3 aromatic rings. The number of benzene rings is 3. The van der Waals surface area contributed by atoms with Gasteiger partial charge < -0.3 is 15.4 Å². The molecule has 152 valence electrons. The summed E-state index contributed by atoms with van der Waals surface area (Å²) in [5.41, 5.74) is 8.81. The molecule has 4 heteroatoms. The Morgan fingerprint density at radius 2 is 1.43 bits per heavy atom. The number of carbonyl (C=O) groups excluding carboxylic acids is 1. The highest BCUT2D eigenvalue weighted by Crippen LogP contribution is 2.43. The van der Waals surface area contributed by atoms with E-state index in [1.165, 1.54) is 5.56 Å². The monoisotopic (exact) mass is 397 g/mol. The van der Waals surface area contributed by atoms with E-state index in [4.69, 9.17) is 10.7 Å². The van der Waals surface area contributed by atoms with Crippen LogP contribution in [-0.4, -0.2) is 29.7 Å². The molecule has 0 fully saturated rings. The van der Waals surface area contributed by atoms with Crippen molar-refractivity contribution in [1.29, 1.82) is 0 Å². The van der Waals surface area contributed by atoms with Crippen LogP contribution in [0.25, 0.3) is 0 Å². The predicted octanol–water partition coefficient (Wildman–Crippen LogP) is 4.32. The summed E-state index contributed by atoms with van der Waals surface area (Å²) < 4.78 is 0. The number of nitrogens with two attached hydrogens (primary N) is 1. The van der Waals surface area contributed by atoms with Crippen molar-refractivity contribution in [1.82, 2.24) is 4.90 Å². The maximum atomic E-state index is 12.6. The van der Waals surface area contributed by atoms with E-state index in [-0.39, 0.29) is 5.92 Å². The van der Waals surface area contributed by atoms with Gasteiger partial charge in [-0.25, -0.2) is 4.99 Å². The molecule has 1 aliphatic heterocycles. The molecular formula is C26H27N3O. The Kier molecular flexibility index (Phi) is 5.66. The molecule has 2 N–H and O–H groups in total. The molecule has 0 amide bonds. The molecular weight excluding hydrogens is 370 g/mol. The molecule has 0 radical (unpaired) electrons. The van der Waals surface area contributed by atoms with Crippen molar-refractivity contribution in [2.45, 2.75) is 30.8 Å². The van der Waals surface area contributed by atoms with Gasteiger partial charge in [0, 0.05) is 12.5 Å². The van der Waals surface area contributed by atoms with Gasteiger partial charge in [0.15, 0.2) is 5.96 Å². The van der Waals surface area contributed by atoms with E-state index < -0.39 is 11.6 Å². The Balaban J connectivity index is 1.79. The van der Waals surface area contributed by atoms with Gasteiger partial charge in [0.05, 0.1) is 0 Å². The van der Waals surface area contributed by atoms with Gasteiger partial charge >= 0.3 is 0 Å². The first-order chi connectivity index (χ1) is 14.7. The summed E-state index contributed by atoms with van der Waals surface area (Å²) in [5.74, 6) is 0.666. The summed E-state index contributed by atoms with van der Waals surface area (Å²) in [6.45, 7) is 2.80. The fourth-order valence-corrected chi connectivity index (χ4v) is 4.51. The minimum Gasteiger partial charge on any atom is -0.370 e. The van der Waals surface area contributed by atoms with Gasteiger partial charge in [-0.15, -0.1) is 0 Å². The SMILES string of the molecule is CCC(CN1C(N)=NC(c2ccccc2)(c2ccccc2)C1C=O)c1ccccc1. The Morgan fingerprint density at radius 1 is 0.933 bits per heavy atom. The van der Waals surface area contributed by atoms with Crippen LogP contribution in [0, 0.1) is 0 Å². The number of guanidine groups is 1. The van der Waals surface area contributed by atoms with Gasteiger partial charge in [-0.2, -0.15) is 0 Å². The summed E-state index contributed by atoms with van der Waals surface area (Å²) in [4.78, 5) is 19.5. The molecule has 30 heavy (non-hydrogen) atoms. The second-order valence-electron chi connectivity index (χ2n) is 7.72. The van der Waals surface area contributed by atoms with Crippen LogP contribution in [0.3, 0.4) is 0 Å². The van der Waals surface area contributed by atoms with Crippen LogP contribution in [0.2, 0.25) is 0 Å². The zero-order chi connectivity index (χ0) is 21.0. The predicted molar refractivity (Wildman–Crippen MR) is 121 cm³/mol. The van der Waals surface area contributed by atoms with Gasteiger partial charge in [0.2, 0.25) is 0 Å². The maximum absolute atomic E-state index is 12.6. The third-order valence-electron chi connectivity index (χ3n) is 6.09. The molecule has 2 unspecified atom stereocenters. The molecule has 0 aliphatic carbocycles. The average molecular weight is 398 g/mol. The highest BCUT2D eigenvalue weighted by atomic mass is 16.1. The van der Waals surface area contributed by atoms with Crippen molar-refractivity contribution >= 4 is 12.2 Å². The molecule has 4 rings (SSSR count). The summed E-state index contributed by atoms with van der Waals surface area (Å²) in [6, 6.07) is 29.8. The Hall–Kier alpha value is -3.40. The van der Waals surface area contributed by atoms with Gasteiger partial charge in [-0.3, -0.25) is 0 Å². The van der Waals surface area contributed by atoms with Crippen molar-refractivity contribution in [3.63, 3.8) is 0 Å². The van der Waals surface area contributed by atoms with Crippen molar-refractivity contribution in [3.8, 4) is 0 Å². The van der Waals surface area contributed by atoms with E-state index in [2.05, 4.69) is 31.2 Å². The number of carbonyl (C=O) groups is 1. The second-order valence-corrected chi connectivity index (χ2v) is 7.72. The third-order valence-corrected chi connectivity index (χ3v) is 6.09. The lowest BCUT2D eigenvalue weighted by atomic mass is 9.78. The molecule has 1 heterocycles. The molecule has 4 nitrogen and oxygen atoms in total. The lowest BCUT2D eigenvalue weighted by molar-refractivity contribution is -0.112. The first kappa shape index (κ1) is 19.9. The van der Waals surface area contributed by atoms with Crippen LogP contribution in [0.1, 0.15) is 36.0 Å². The van der Waals surface area contributed by atoms with Crippen LogP contribution in [0.5, 0.6) is 0 Å². The standard InChI is InChI=1S/C26H27N3O/c1-2-20(21-12-6-3-7-13-21)18-29-24(19-30)26(28-25(29)27,22-14-8-4-9-15-22)23-16-10-5-11-17-23/h3-17,19-20,24H,2,18H2,1H3,(H2,27,28). The lowest BCUT2D eigenvalue weighted by Gasteiger charge is -2.36. The van der Waals surface area contributed by atoms with Crippen molar-refractivity contribution < 1.29 is 4.79 Å². The molecule has 1 aliphatic rings. The van der Waals surface area contributed by atoms with Crippen LogP contribution in [0.4, 0.5) is 0 Å².